The molecule has 0 fully saturated rings. The number of amides is 1. The van der Waals surface area contributed by atoms with Gasteiger partial charge in [-0.2, -0.15) is 0 Å². The number of hydrogen-bond donors (Lipinski definition) is 2. The van der Waals surface area contributed by atoms with Crippen LogP contribution in [0, 0.1) is 13.8 Å². The summed E-state index contributed by atoms with van der Waals surface area (Å²) in [5, 5.41) is 11.3. The topological polar surface area (TPSA) is 58.6 Å². The highest BCUT2D eigenvalue weighted by molar-refractivity contribution is 5.79. The van der Waals surface area contributed by atoms with Crippen LogP contribution in [0.15, 0.2) is 12.1 Å². The molecule has 0 aliphatic carbocycles. The number of benzene rings is 1. The van der Waals surface area contributed by atoms with Gasteiger partial charge in [-0.15, -0.1) is 0 Å². The third kappa shape index (κ3) is 4.04. The Morgan fingerprint density at radius 2 is 2.06 bits per heavy atom. The Kier molecular flexibility index (Phi) is 5.65. The molecule has 4 nitrogen and oxygen atoms in total. The Morgan fingerprint density at radius 1 is 1.33 bits per heavy atom. The predicted octanol–water partition coefficient (Wildman–Crippen LogP) is 1.35. The number of aryl methyl sites for hydroxylation is 2. The Bertz CT molecular complexity index is 416. The molecule has 0 radical (unpaired) electrons. The van der Waals surface area contributed by atoms with E-state index in [1.807, 2.05) is 32.9 Å². The number of nitrogens with one attached hydrogen (secondary N) is 1. The van der Waals surface area contributed by atoms with Gasteiger partial charge in [0.2, 0.25) is 5.91 Å². The average Bonchev–Trinajstić information content (AvgIpc) is 2.33. The van der Waals surface area contributed by atoms with Crippen molar-refractivity contribution in [3.05, 3.63) is 28.8 Å². The number of ether oxygens (including phenoxy) is 1. The molecular weight excluding hydrogens is 230 g/mol. The van der Waals surface area contributed by atoms with Gasteiger partial charge in [0, 0.05) is 6.54 Å². The maximum Gasteiger partial charge on any atom is 0.224 e. The van der Waals surface area contributed by atoms with Crippen molar-refractivity contribution in [1.29, 1.82) is 0 Å². The minimum Gasteiger partial charge on any atom is -0.494 e. The molecule has 1 aromatic rings. The second kappa shape index (κ2) is 7.01. The van der Waals surface area contributed by atoms with Crippen molar-refractivity contribution in [2.24, 2.45) is 0 Å². The summed E-state index contributed by atoms with van der Waals surface area (Å²) in [7, 11) is 0. The molecule has 0 aliphatic heterocycles. The highest BCUT2D eigenvalue weighted by atomic mass is 16.5. The zero-order valence-corrected chi connectivity index (χ0v) is 11.2. The lowest BCUT2D eigenvalue weighted by Crippen LogP contribution is -2.28. The maximum atomic E-state index is 11.6. The lowest BCUT2D eigenvalue weighted by atomic mass is 10.0. The molecule has 2 N–H and O–H groups in total. The SMILES string of the molecule is CCOc1cc(C)c(CC(=O)NCCO)cc1C. The first-order chi connectivity index (χ1) is 8.58. The first-order valence-electron chi connectivity index (χ1n) is 6.19. The Balaban J connectivity index is 2.78. The molecule has 0 aromatic heterocycles. The largest absolute Gasteiger partial charge is 0.494 e. The Hall–Kier alpha value is -1.55. The van der Waals surface area contributed by atoms with E-state index in [0.717, 1.165) is 22.4 Å². The second-order valence-electron chi connectivity index (χ2n) is 4.23. The zero-order valence-electron chi connectivity index (χ0n) is 11.2. The van der Waals surface area contributed by atoms with Crippen LogP contribution in [0.2, 0.25) is 0 Å². The van der Waals surface area contributed by atoms with E-state index in [2.05, 4.69) is 5.32 Å². The molecule has 0 saturated heterocycles. The number of aliphatic hydroxyl groups is 1. The summed E-state index contributed by atoms with van der Waals surface area (Å²) in [5.41, 5.74) is 3.07. The highest BCUT2D eigenvalue weighted by Crippen LogP contribution is 2.23. The lowest BCUT2D eigenvalue weighted by Gasteiger charge is -2.12. The van der Waals surface area contributed by atoms with E-state index in [1.54, 1.807) is 0 Å². The van der Waals surface area contributed by atoms with Crippen molar-refractivity contribution >= 4 is 5.91 Å². The molecule has 1 amide bonds. The molecule has 100 valence electrons. The Labute approximate surface area is 108 Å². The summed E-state index contributed by atoms with van der Waals surface area (Å²) in [6.45, 7) is 6.79. The first-order valence-corrected chi connectivity index (χ1v) is 6.19. The van der Waals surface area contributed by atoms with Crippen molar-refractivity contribution in [1.82, 2.24) is 5.32 Å². The molecular formula is C14H21NO3. The number of carbonyl (C=O) groups is 1. The molecule has 0 aliphatic rings. The molecule has 1 aromatic carbocycles. The molecule has 0 atom stereocenters. The number of carbonyl (C=O) groups excluding carboxylic acids is 1. The second-order valence-corrected chi connectivity index (χ2v) is 4.23. The third-order valence-corrected chi connectivity index (χ3v) is 2.72. The normalized spacial score (nSPS) is 10.2. The fraction of sp³-hybridized carbons (Fsp3) is 0.500. The minimum atomic E-state index is -0.0734. The van der Waals surface area contributed by atoms with Gasteiger partial charge in [0.1, 0.15) is 5.75 Å². The standard InChI is InChI=1S/C14H21NO3/c1-4-18-13-8-10(2)12(7-11(13)3)9-14(17)15-5-6-16/h7-8,16H,4-6,9H2,1-3H3,(H,15,17). The van der Waals surface area contributed by atoms with Gasteiger partial charge in [0.15, 0.2) is 0 Å². The summed E-state index contributed by atoms with van der Waals surface area (Å²) in [5.74, 6) is 0.797. The summed E-state index contributed by atoms with van der Waals surface area (Å²) in [6.07, 6.45) is 0.332. The molecule has 0 heterocycles. The van der Waals surface area contributed by atoms with Crippen LogP contribution in [-0.2, 0) is 11.2 Å². The van der Waals surface area contributed by atoms with Crippen LogP contribution in [0.3, 0.4) is 0 Å². The molecule has 18 heavy (non-hydrogen) atoms. The van der Waals surface area contributed by atoms with Crippen molar-refractivity contribution < 1.29 is 14.6 Å². The quantitative estimate of drug-likeness (QED) is 0.802. The molecule has 0 unspecified atom stereocenters. The summed E-state index contributed by atoms with van der Waals surface area (Å²) in [6, 6.07) is 3.95. The zero-order chi connectivity index (χ0) is 13.5. The third-order valence-electron chi connectivity index (χ3n) is 2.72. The predicted molar refractivity (Wildman–Crippen MR) is 70.9 cm³/mol. The number of rotatable bonds is 6. The fourth-order valence-electron chi connectivity index (χ4n) is 1.78. The molecule has 0 spiro atoms. The van der Waals surface area contributed by atoms with Crippen molar-refractivity contribution in [2.75, 3.05) is 19.8 Å². The average molecular weight is 251 g/mol. The van der Waals surface area contributed by atoms with Crippen molar-refractivity contribution in [2.45, 2.75) is 27.2 Å². The smallest absolute Gasteiger partial charge is 0.224 e. The van der Waals surface area contributed by atoms with Gasteiger partial charge in [0.25, 0.3) is 0 Å². The summed E-state index contributed by atoms with van der Waals surface area (Å²) >= 11 is 0. The molecule has 0 saturated carbocycles. The van der Waals surface area contributed by atoms with Crippen LogP contribution in [0.25, 0.3) is 0 Å². The molecule has 4 heteroatoms. The van der Waals surface area contributed by atoms with E-state index >= 15 is 0 Å². The monoisotopic (exact) mass is 251 g/mol. The van der Waals surface area contributed by atoms with Crippen LogP contribution >= 0.6 is 0 Å². The molecule has 0 bridgehead atoms. The van der Waals surface area contributed by atoms with E-state index in [9.17, 15) is 4.79 Å². The van der Waals surface area contributed by atoms with Gasteiger partial charge >= 0.3 is 0 Å². The Morgan fingerprint density at radius 3 is 2.67 bits per heavy atom. The van der Waals surface area contributed by atoms with Crippen molar-refractivity contribution in [3.8, 4) is 5.75 Å². The minimum absolute atomic E-state index is 0.0347. The van der Waals surface area contributed by atoms with Crippen LogP contribution in [-0.4, -0.2) is 30.8 Å². The van der Waals surface area contributed by atoms with Crippen molar-refractivity contribution in [3.63, 3.8) is 0 Å². The van der Waals surface area contributed by atoms with Gasteiger partial charge in [-0.25, -0.2) is 0 Å². The number of aliphatic hydroxyl groups excluding tert-OH is 1. The number of hydrogen-bond acceptors (Lipinski definition) is 3. The van der Waals surface area contributed by atoms with Crippen LogP contribution in [0.1, 0.15) is 23.6 Å². The highest BCUT2D eigenvalue weighted by Gasteiger charge is 2.09. The summed E-state index contributed by atoms with van der Waals surface area (Å²) < 4.78 is 5.51. The van der Waals surface area contributed by atoms with E-state index in [4.69, 9.17) is 9.84 Å². The van der Waals surface area contributed by atoms with E-state index in [1.165, 1.54) is 0 Å². The lowest BCUT2D eigenvalue weighted by molar-refractivity contribution is -0.120. The molecule has 1 rings (SSSR count). The van der Waals surface area contributed by atoms with E-state index in [-0.39, 0.29) is 12.5 Å². The van der Waals surface area contributed by atoms with Crippen LogP contribution < -0.4 is 10.1 Å². The fourth-order valence-corrected chi connectivity index (χ4v) is 1.78. The van der Waals surface area contributed by atoms with E-state index in [0.29, 0.717) is 19.6 Å². The van der Waals surface area contributed by atoms with Gasteiger partial charge < -0.3 is 15.2 Å². The summed E-state index contributed by atoms with van der Waals surface area (Å²) in [4.78, 5) is 11.6. The van der Waals surface area contributed by atoms with Gasteiger partial charge in [0.05, 0.1) is 19.6 Å². The first kappa shape index (κ1) is 14.5. The van der Waals surface area contributed by atoms with Gasteiger partial charge in [-0.1, -0.05) is 6.07 Å². The van der Waals surface area contributed by atoms with Gasteiger partial charge in [-0.3, -0.25) is 4.79 Å². The van der Waals surface area contributed by atoms with Crippen LogP contribution in [0.5, 0.6) is 5.75 Å². The van der Waals surface area contributed by atoms with Gasteiger partial charge in [-0.05, 0) is 43.5 Å². The van der Waals surface area contributed by atoms with E-state index < -0.39 is 0 Å². The van der Waals surface area contributed by atoms with Crippen LogP contribution in [0.4, 0.5) is 0 Å². The maximum absolute atomic E-state index is 11.6.